The largest absolute Gasteiger partial charge is 0.459 e. The molecule has 0 aromatic heterocycles. The summed E-state index contributed by atoms with van der Waals surface area (Å²) in [5, 5.41) is 63.2. The minimum atomic E-state index is -1.94. The van der Waals surface area contributed by atoms with Crippen molar-refractivity contribution < 1.29 is 63.6 Å². The van der Waals surface area contributed by atoms with Crippen LogP contribution in [0.1, 0.15) is 94.9 Å². The zero-order valence-corrected chi connectivity index (χ0v) is 35.4. The average Bonchev–Trinajstić information content (AvgIpc) is 3.11. The first-order valence-corrected chi connectivity index (χ1v) is 19.8. The normalized spacial score (nSPS) is 47.6. The van der Waals surface area contributed by atoms with E-state index in [1.807, 2.05) is 32.8 Å². The first-order chi connectivity index (χ1) is 25.5. The van der Waals surface area contributed by atoms with Crippen LogP contribution in [0.4, 0.5) is 0 Å². The van der Waals surface area contributed by atoms with Crippen LogP contribution in [0.3, 0.4) is 0 Å². The Kier molecular flexibility index (Phi) is 16.7. The molecule has 15 heteroatoms. The van der Waals surface area contributed by atoms with Gasteiger partial charge in [-0.2, -0.15) is 0 Å². The number of aliphatic hydroxyl groups excluding tert-OH is 3. The summed E-state index contributed by atoms with van der Waals surface area (Å²) in [7, 11) is 5.22. The molecule has 3 heterocycles. The van der Waals surface area contributed by atoms with Gasteiger partial charge in [0.2, 0.25) is 0 Å². The second kappa shape index (κ2) is 19.3. The molecule has 0 spiro atoms. The fourth-order valence-electron chi connectivity index (χ4n) is 8.76. The van der Waals surface area contributed by atoms with Crippen LogP contribution in [-0.4, -0.2) is 154 Å². The fraction of sp³-hybridized carbons (Fsp3) is 0.900. The van der Waals surface area contributed by atoms with Crippen LogP contribution in [-0.2, 0) is 38.1 Å². The summed E-state index contributed by atoms with van der Waals surface area (Å²) < 4.78 is 37.6. The summed E-state index contributed by atoms with van der Waals surface area (Å²) in [6, 6.07) is -0.315. The highest BCUT2D eigenvalue weighted by atomic mass is 16.7. The van der Waals surface area contributed by atoms with E-state index in [0.717, 1.165) is 0 Å². The number of likely N-dealkylation sites (N-methyl/N-ethyl adjacent to an activating group) is 1. The van der Waals surface area contributed by atoms with Crippen LogP contribution >= 0.6 is 0 Å². The van der Waals surface area contributed by atoms with Gasteiger partial charge in [-0.15, -0.1) is 0 Å². The number of nitrogens with zero attached hydrogens (tertiary/aromatic N) is 2. The third-order valence-electron chi connectivity index (χ3n) is 12.2. The maximum atomic E-state index is 14.3. The lowest BCUT2D eigenvalue weighted by Gasteiger charge is -2.49. The quantitative estimate of drug-likeness (QED) is 0.0938. The molecule has 0 aromatic carbocycles. The van der Waals surface area contributed by atoms with Crippen LogP contribution in [0.2, 0.25) is 0 Å². The number of hydrogen-bond acceptors (Lipinski definition) is 15. The summed E-state index contributed by atoms with van der Waals surface area (Å²) in [6.07, 6.45) is -7.73. The highest BCUT2D eigenvalue weighted by Gasteiger charge is 2.53. The monoisotopic (exact) mass is 789 g/mol. The van der Waals surface area contributed by atoms with Crippen molar-refractivity contribution in [2.24, 2.45) is 28.8 Å². The molecule has 15 nitrogen and oxygen atoms in total. The molecule has 3 aliphatic heterocycles. The van der Waals surface area contributed by atoms with Gasteiger partial charge in [0.25, 0.3) is 0 Å². The minimum absolute atomic E-state index is 0.000620. The Morgan fingerprint density at radius 3 is 2.16 bits per heavy atom. The van der Waals surface area contributed by atoms with Crippen molar-refractivity contribution in [3.05, 3.63) is 12.7 Å². The summed E-state index contributed by atoms with van der Waals surface area (Å²) in [5.41, 5.74) is -4.37. The standard InChI is InChI=1S/C40H72N2O13/c1-15-17-50-41-30-21(3)19-38(9,47)35(55-37-31(43)27(42(12)13)18-22(4)51-37)24(6)32(54-29-20-39(10,49-14)34(45)26(8)52-29)25(7)36(46)53-28(16-2)40(11,48)33(44)23(30)5/h15,21-29,31-35,37,43-45,47-48H,1,16-20H2,2-14H3/b41-30+/t21-,22-,23+,24+,25-,26+,27+,28-,29+,31-,32+,33-,34+,35-,37+,38-,39-,40-/m1/s1. The lowest BCUT2D eigenvalue weighted by molar-refractivity contribution is -0.317. The summed E-state index contributed by atoms with van der Waals surface area (Å²) >= 11 is 0. The number of aliphatic hydroxyl groups is 5. The van der Waals surface area contributed by atoms with Gasteiger partial charge in [0, 0.05) is 37.3 Å². The van der Waals surface area contributed by atoms with Crippen LogP contribution in [0, 0.1) is 23.7 Å². The van der Waals surface area contributed by atoms with Crippen molar-refractivity contribution in [2.45, 2.75) is 179 Å². The number of carbonyl (C=O) groups excluding carboxylic acids is 1. The number of cyclic esters (lactones) is 1. The van der Waals surface area contributed by atoms with E-state index in [4.69, 9.17) is 33.3 Å². The average molecular weight is 789 g/mol. The van der Waals surface area contributed by atoms with Gasteiger partial charge in [0.05, 0.1) is 53.4 Å². The lowest BCUT2D eigenvalue weighted by Crippen LogP contribution is -2.61. The maximum absolute atomic E-state index is 14.3. The van der Waals surface area contributed by atoms with Gasteiger partial charge in [-0.05, 0) is 74.9 Å². The molecule has 55 heavy (non-hydrogen) atoms. The molecule has 0 aliphatic carbocycles. The second-order valence-electron chi connectivity index (χ2n) is 17.2. The van der Waals surface area contributed by atoms with Crippen LogP contribution in [0.25, 0.3) is 0 Å². The van der Waals surface area contributed by atoms with E-state index in [-0.39, 0.29) is 38.0 Å². The predicted molar refractivity (Wildman–Crippen MR) is 205 cm³/mol. The van der Waals surface area contributed by atoms with Crippen LogP contribution in [0.15, 0.2) is 17.8 Å². The molecule has 0 saturated carbocycles. The molecule has 0 amide bonds. The van der Waals surface area contributed by atoms with Crippen molar-refractivity contribution >= 4 is 11.7 Å². The molecule has 0 aromatic rings. The van der Waals surface area contributed by atoms with E-state index in [2.05, 4.69) is 11.7 Å². The molecule has 3 saturated heterocycles. The Morgan fingerprint density at radius 2 is 1.60 bits per heavy atom. The number of carbonyl (C=O) groups is 1. The zero-order valence-electron chi connectivity index (χ0n) is 35.4. The first-order valence-electron chi connectivity index (χ1n) is 19.8. The van der Waals surface area contributed by atoms with Crippen molar-refractivity contribution in [3.63, 3.8) is 0 Å². The SMILES string of the molecule is C=CCO/N=C1\[C@H](C)C[C@@](C)(O)[C@H](O[C@@H]2O[C@H](C)C[C@H](N(C)C)[C@H]2O)[C@@H](C)[C@H](O[C@H]2C[C@@](C)(OC)[C@@H](O)[C@H](C)O2)[C@@H](C)C(=O)O[C@H](CC)[C@@](C)(O)[C@H](O)[C@H]1C. The van der Waals surface area contributed by atoms with Crippen molar-refractivity contribution in [3.8, 4) is 0 Å². The van der Waals surface area contributed by atoms with E-state index < -0.39 is 102 Å². The summed E-state index contributed by atoms with van der Waals surface area (Å²) in [4.78, 5) is 21.7. The smallest absolute Gasteiger partial charge is 0.311 e. The molecule has 0 unspecified atom stereocenters. The molecule has 18 atom stereocenters. The third-order valence-corrected chi connectivity index (χ3v) is 12.2. The second-order valence-corrected chi connectivity index (χ2v) is 17.2. The van der Waals surface area contributed by atoms with Crippen LogP contribution < -0.4 is 0 Å². The molecular formula is C40H72N2O13. The molecule has 3 fully saturated rings. The number of esters is 1. The van der Waals surface area contributed by atoms with Gasteiger partial charge in [-0.25, -0.2) is 0 Å². The van der Waals surface area contributed by atoms with Gasteiger partial charge in [0.15, 0.2) is 12.6 Å². The fourth-order valence-corrected chi connectivity index (χ4v) is 8.76. The first kappa shape index (κ1) is 47.6. The predicted octanol–water partition coefficient (Wildman–Crippen LogP) is 2.78. The number of rotatable bonds is 10. The Bertz CT molecular complexity index is 1280. The number of ether oxygens (including phenoxy) is 6. The zero-order chi connectivity index (χ0) is 41.8. The van der Waals surface area contributed by atoms with E-state index in [9.17, 15) is 30.3 Å². The minimum Gasteiger partial charge on any atom is -0.459 e. The number of oxime groups is 1. The van der Waals surface area contributed by atoms with Crippen molar-refractivity contribution in [1.82, 2.24) is 4.90 Å². The molecule has 3 aliphatic rings. The van der Waals surface area contributed by atoms with Gasteiger partial charge >= 0.3 is 5.97 Å². The van der Waals surface area contributed by atoms with E-state index >= 15 is 0 Å². The van der Waals surface area contributed by atoms with Gasteiger partial charge in [-0.1, -0.05) is 45.5 Å². The summed E-state index contributed by atoms with van der Waals surface area (Å²) in [5.74, 6) is -4.00. The molecule has 5 N–H and O–H groups in total. The number of methoxy groups -OCH3 is 1. The van der Waals surface area contributed by atoms with Crippen molar-refractivity contribution in [2.75, 3.05) is 27.8 Å². The van der Waals surface area contributed by atoms with Gasteiger partial charge in [-0.3, -0.25) is 4.79 Å². The Morgan fingerprint density at radius 1 is 0.964 bits per heavy atom. The van der Waals surface area contributed by atoms with Gasteiger partial charge in [0.1, 0.15) is 30.5 Å². The van der Waals surface area contributed by atoms with Crippen molar-refractivity contribution in [1.29, 1.82) is 0 Å². The molecule has 0 bridgehead atoms. The lowest BCUT2D eigenvalue weighted by atomic mass is 9.73. The van der Waals surface area contributed by atoms with E-state index in [0.29, 0.717) is 12.1 Å². The number of hydrogen-bond donors (Lipinski definition) is 5. The Labute approximate surface area is 328 Å². The Hall–Kier alpha value is -1.76. The maximum Gasteiger partial charge on any atom is 0.311 e. The van der Waals surface area contributed by atoms with E-state index in [1.165, 1.54) is 20.1 Å². The molecule has 3 rings (SSSR count). The molecular weight excluding hydrogens is 716 g/mol. The van der Waals surface area contributed by atoms with Crippen LogP contribution in [0.5, 0.6) is 0 Å². The Balaban J connectivity index is 2.25. The topological polar surface area (TPSA) is 198 Å². The highest BCUT2D eigenvalue weighted by molar-refractivity contribution is 5.88. The van der Waals surface area contributed by atoms with Gasteiger partial charge < -0.3 is 63.7 Å². The highest BCUT2D eigenvalue weighted by Crippen LogP contribution is 2.41. The molecule has 0 radical (unpaired) electrons. The molecule has 320 valence electrons. The third kappa shape index (κ3) is 10.8. The van der Waals surface area contributed by atoms with E-state index in [1.54, 1.807) is 48.5 Å². The summed E-state index contributed by atoms with van der Waals surface area (Å²) in [6.45, 7) is 20.8.